The van der Waals surface area contributed by atoms with Crippen molar-refractivity contribution in [2.45, 2.75) is 45.6 Å². The highest BCUT2D eigenvalue weighted by molar-refractivity contribution is 6.06. The molecule has 0 radical (unpaired) electrons. The lowest BCUT2D eigenvalue weighted by atomic mass is 9.69. The van der Waals surface area contributed by atoms with E-state index in [-0.39, 0.29) is 30.7 Å². The van der Waals surface area contributed by atoms with Gasteiger partial charge in [-0.25, -0.2) is 0 Å². The number of amides is 2. The fourth-order valence-corrected chi connectivity index (χ4v) is 3.78. The van der Waals surface area contributed by atoms with Gasteiger partial charge < -0.3 is 10.2 Å². The van der Waals surface area contributed by atoms with Crippen molar-refractivity contribution in [3.05, 3.63) is 0 Å². The lowest BCUT2D eigenvalue weighted by Gasteiger charge is -2.31. The molecule has 1 saturated heterocycles. The van der Waals surface area contributed by atoms with Crippen molar-refractivity contribution in [3.8, 4) is 0 Å². The lowest BCUT2D eigenvalue weighted by Crippen LogP contribution is -2.40. The Morgan fingerprint density at radius 3 is 1.64 bits per heavy atom. The molecule has 1 aliphatic carbocycles. The van der Waals surface area contributed by atoms with E-state index >= 15 is 0 Å². The van der Waals surface area contributed by atoms with E-state index in [4.69, 9.17) is 0 Å². The van der Waals surface area contributed by atoms with Crippen LogP contribution in [0.2, 0.25) is 0 Å². The third-order valence-corrected chi connectivity index (χ3v) is 5.04. The summed E-state index contributed by atoms with van der Waals surface area (Å²) in [6, 6.07) is -0.197. The molecule has 0 aromatic heterocycles. The van der Waals surface area contributed by atoms with Crippen LogP contribution in [0.3, 0.4) is 0 Å². The van der Waals surface area contributed by atoms with E-state index in [9.17, 15) is 29.4 Å². The summed E-state index contributed by atoms with van der Waals surface area (Å²) in [5.74, 6) is -6.71. The maximum Gasteiger partial charge on any atom is 0.307 e. The number of carbonyl (C=O) groups is 4. The van der Waals surface area contributed by atoms with Crippen molar-refractivity contribution in [1.82, 2.24) is 4.90 Å². The molecule has 4 atom stereocenters. The van der Waals surface area contributed by atoms with Gasteiger partial charge in [-0.05, 0) is 25.7 Å². The molecule has 0 aromatic rings. The van der Waals surface area contributed by atoms with Crippen LogP contribution in [-0.4, -0.2) is 44.9 Å². The van der Waals surface area contributed by atoms with Crippen LogP contribution in [0, 0.1) is 23.7 Å². The standard InChI is InChI=1S/C15H21NO6/c1-3-7(4-2)16-12(17)8-5-10(14(19)20)11(15(21)22)6-9(8)13(16)18/h7-11H,3-6H2,1-2H3,(H,19,20)(H,21,22). The number of carboxylic acids is 2. The number of carboxylic acid groups (broad SMARTS) is 2. The van der Waals surface area contributed by atoms with Gasteiger partial charge in [0.2, 0.25) is 11.8 Å². The summed E-state index contributed by atoms with van der Waals surface area (Å²) in [6.07, 6.45) is 1.13. The number of imide groups is 1. The second-order valence-electron chi connectivity index (χ2n) is 6.09. The van der Waals surface area contributed by atoms with E-state index in [0.29, 0.717) is 12.8 Å². The molecule has 1 aliphatic heterocycles. The largest absolute Gasteiger partial charge is 0.481 e. The Morgan fingerprint density at radius 1 is 1.00 bits per heavy atom. The maximum absolute atomic E-state index is 12.5. The van der Waals surface area contributed by atoms with Gasteiger partial charge in [-0.15, -0.1) is 0 Å². The second-order valence-corrected chi connectivity index (χ2v) is 6.09. The van der Waals surface area contributed by atoms with Crippen LogP contribution in [0.1, 0.15) is 39.5 Å². The average molecular weight is 311 g/mol. The van der Waals surface area contributed by atoms with E-state index in [0.717, 1.165) is 0 Å². The van der Waals surface area contributed by atoms with Crippen LogP contribution in [0.25, 0.3) is 0 Å². The Labute approximate surface area is 128 Å². The van der Waals surface area contributed by atoms with Gasteiger partial charge in [0.15, 0.2) is 0 Å². The number of hydrogen-bond donors (Lipinski definition) is 2. The number of aliphatic carboxylic acids is 2. The predicted octanol–water partition coefficient (Wildman–Crippen LogP) is 0.972. The molecule has 22 heavy (non-hydrogen) atoms. The van der Waals surface area contributed by atoms with Gasteiger partial charge >= 0.3 is 11.9 Å². The van der Waals surface area contributed by atoms with Gasteiger partial charge in [-0.2, -0.15) is 0 Å². The molecule has 2 aliphatic rings. The van der Waals surface area contributed by atoms with Crippen molar-refractivity contribution in [2.24, 2.45) is 23.7 Å². The van der Waals surface area contributed by atoms with E-state index in [1.165, 1.54) is 4.90 Å². The smallest absolute Gasteiger partial charge is 0.307 e. The van der Waals surface area contributed by atoms with Gasteiger partial charge in [0.05, 0.1) is 23.7 Å². The summed E-state index contributed by atoms with van der Waals surface area (Å²) in [4.78, 5) is 48.9. The summed E-state index contributed by atoms with van der Waals surface area (Å²) in [5, 5.41) is 18.4. The van der Waals surface area contributed by atoms with Gasteiger partial charge in [-0.1, -0.05) is 13.8 Å². The van der Waals surface area contributed by atoms with E-state index in [2.05, 4.69) is 0 Å². The fraction of sp³-hybridized carbons (Fsp3) is 0.733. The van der Waals surface area contributed by atoms with Crippen molar-refractivity contribution in [1.29, 1.82) is 0 Å². The predicted molar refractivity (Wildman–Crippen MR) is 74.7 cm³/mol. The highest BCUT2D eigenvalue weighted by Crippen LogP contribution is 2.44. The topological polar surface area (TPSA) is 112 Å². The third kappa shape index (κ3) is 2.48. The first-order chi connectivity index (χ1) is 10.3. The average Bonchev–Trinajstić information content (AvgIpc) is 2.72. The molecular formula is C15H21NO6. The molecule has 2 rings (SSSR count). The molecule has 0 spiro atoms. The normalized spacial score (nSPS) is 31.5. The zero-order valence-electron chi connectivity index (χ0n) is 12.7. The number of hydrogen-bond acceptors (Lipinski definition) is 4. The first-order valence-electron chi connectivity index (χ1n) is 7.65. The third-order valence-electron chi connectivity index (χ3n) is 5.04. The number of fused-ring (bicyclic) bond motifs is 1. The Morgan fingerprint density at radius 2 is 1.36 bits per heavy atom. The van der Waals surface area contributed by atoms with E-state index in [1.54, 1.807) is 0 Å². The van der Waals surface area contributed by atoms with Crippen LogP contribution in [0.5, 0.6) is 0 Å². The molecule has 2 N–H and O–H groups in total. The number of likely N-dealkylation sites (tertiary alicyclic amines) is 1. The monoisotopic (exact) mass is 311 g/mol. The zero-order chi connectivity index (χ0) is 16.6. The molecule has 4 unspecified atom stereocenters. The minimum Gasteiger partial charge on any atom is -0.481 e. The Kier molecular flexibility index (Phi) is 4.53. The maximum atomic E-state index is 12.5. The minimum atomic E-state index is -1.22. The molecule has 2 amide bonds. The Bertz CT molecular complexity index is 472. The van der Waals surface area contributed by atoms with Gasteiger partial charge in [-0.3, -0.25) is 24.1 Å². The number of rotatable bonds is 5. The van der Waals surface area contributed by atoms with E-state index < -0.39 is 35.6 Å². The minimum absolute atomic E-state index is 0.0712. The molecule has 1 saturated carbocycles. The first-order valence-corrected chi connectivity index (χ1v) is 7.65. The lowest BCUT2D eigenvalue weighted by molar-refractivity contribution is -0.158. The molecule has 1 heterocycles. The van der Waals surface area contributed by atoms with Crippen LogP contribution >= 0.6 is 0 Å². The fourth-order valence-electron chi connectivity index (χ4n) is 3.78. The summed E-state index contributed by atoms with van der Waals surface area (Å²) in [6.45, 7) is 3.77. The van der Waals surface area contributed by atoms with E-state index in [1.807, 2.05) is 13.8 Å². The molecular weight excluding hydrogens is 290 g/mol. The van der Waals surface area contributed by atoms with Crippen LogP contribution in [0.4, 0.5) is 0 Å². The molecule has 2 fully saturated rings. The summed E-state index contributed by atoms with van der Waals surface area (Å²) >= 11 is 0. The first kappa shape index (κ1) is 16.5. The number of nitrogens with zero attached hydrogens (tertiary/aromatic N) is 1. The van der Waals surface area contributed by atoms with Crippen molar-refractivity contribution >= 4 is 23.8 Å². The van der Waals surface area contributed by atoms with Gasteiger partial charge in [0, 0.05) is 6.04 Å². The molecule has 0 aromatic carbocycles. The van der Waals surface area contributed by atoms with Crippen molar-refractivity contribution in [2.75, 3.05) is 0 Å². The summed E-state index contributed by atoms with van der Waals surface area (Å²) in [7, 11) is 0. The Hall–Kier alpha value is -1.92. The van der Waals surface area contributed by atoms with Crippen LogP contribution < -0.4 is 0 Å². The highest BCUT2D eigenvalue weighted by Gasteiger charge is 2.56. The summed E-state index contributed by atoms with van der Waals surface area (Å²) < 4.78 is 0. The van der Waals surface area contributed by atoms with Crippen LogP contribution in [0.15, 0.2) is 0 Å². The zero-order valence-corrected chi connectivity index (χ0v) is 12.7. The quantitative estimate of drug-likeness (QED) is 0.732. The second kappa shape index (κ2) is 6.06. The van der Waals surface area contributed by atoms with Gasteiger partial charge in [0.1, 0.15) is 0 Å². The van der Waals surface area contributed by atoms with Crippen LogP contribution in [-0.2, 0) is 19.2 Å². The number of carbonyl (C=O) groups excluding carboxylic acids is 2. The summed E-state index contributed by atoms with van der Waals surface area (Å²) in [5.41, 5.74) is 0. The molecule has 122 valence electrons. The Balaban J connectivity index is 2.31. The van der Waals surface area contributed by atoms with Gasteiger partial charge in [0.25, 0.3) is 0 Å². The van der Waals surface area contributed by atoms with Crippen molar-refractivity contribution in [3.63, 3.8) is 0 Å². The molecule has 0 bridgehead atoms. The van der Waals surface area contributed by atoms with Crippen molar-refractivity contribution < 1.29 is 29.4 Å². The SMILES string of the molecule is CCC(CC)N1C(=O)C2CC(C(=O)O)C(C(=O)O)CC2C1=O. The molecule has 7 heteroatoms. The highest BCUT2D eigenvalue weighted by atomic mass is 16.4. The molecule has 7 nitrogen and oxygen atoms in total.